The van der Waals surface area contributed by atoms with Gasteiger partial charge in [-0.3, -0.25) is 0 Å². The summed E-state index contributed by atoms with van der Waals surface area (Å²) in [4.78, 5) is 0. The standard InChI is InChI=1S/C39H52/c1-5-7-9-11-13-18-26-39(27-19-14-12-10-8-6-2)37-28-31(3)22-24-35(37)36-25-23-33(30-38(36)39)29-32(4)34-20-16-15-17-21-34/h15-17,20-25,28-30H,5-14,18-19,26-27H2,1-4H3. The van der Waals surface area contributed by atoms with E-state index in [1.165, 1.54) is 123 Å². The van der Waals surface area contributed by atoms with E-state index in [9.17, 15) is 0 Å². The molecular weight excluding hydrogens is 468 g/mol. The lowest BCUT2D eigenvalue weighted by Crippen LogP contribution is -2.25. The van der Waals surface area contributed by atoms with Crippen molar-refractivity contribution in [3.8, 4) is 11.1 Å². The van der Waals surface area contributed by atoms with Crippen LogP contribution in [0.5, 0.6) is 0 Å². The molecule has 1 aliphatic rings. The van der Waals surface area contributed by atoms with Gasteiger partial charge in [-0.25, -0.2) is 0 Å². The number of hydrogen-bond donors (Lipinski definition) is 0. The SMILES string of the molecule is CCCCCCCCC1(CCCCCCCC)c2cc(C)ccc2-c2ccc(C=C(C)c3ccccc3)cc21. The minimum Gasteiger partial charge on any atom is -0.0654 e. The van der Waals surface area contributed by atoms with Crippen LogP contribution in [0.15, 0.2) is 66.7 Å². The molecule has 0 saturated heterocycles. The lowest BCUT2D eigenvalue weighted by atomic mass is 9.70. The van der Waals surface area contributed by atoms with Gasteiger partial charge in [0.05, 0.1) is 0 Å². The highest BCUT2D eigenvalue weighted by Crippen LogP contribution is 2.54. The Morgan fingerprint density at radius 2 is 1.15 bits per heavy atom. The van der Waals surface area contributed by atoms with Crippen molar-refractivity contribution < 1.29 is 0 Å². The van der Waals surface area contributed by atoms with Crippen LogP contribution in [-0.2, 0) is 5.41 Å². The molecule has 0 atom stereocenters. The van der Waals surface area contributed by atoms with E-state index in [-0.39, 0.29) is 5.41 Å². The average Bonchev–Trinajstić information content (AvgIpc) is 3.21. The molecule has 0 N–H and O–H groups in total. The lowest BCUT2D eigenvalue weighted by molar-refractivity contribution is 0.397. The molecule has 0 heteroatoms. The number of allylic oxidation sites excluding steroid dienone is 1. The van der Waals surface area contributed by atoms with Crippen LogP contribution in [0.4, 0.5) is 0 Å². The second kappa shape index (κ2) is 14.7. The highest BCUT2D eigenvalue weighted by Gasteiger charge is 2.42. The number of hydrogen-bond acceptors (Lipinski definition) is 0. The van der Waals surface area contributed by atoms with E-state index in [1.807, 2.05) is 0 Å². The van der Waals surface area contributed by atoms with Gasteiger partial charge in [-0.1, -0.05) is 169 Å². The largest absolute Gasteiger partial charge is 0.0654 e. The highest BCUT2D eigenvalue weighted by atomic mass is 14.4. The van der Waals surface area contributed by atoms with Crippen LogP contribution in [0.25, 0.3) is 22.8 Å². The normalized spacial score (nSPS) is 13.9. The van der Waals surface area contributed by atoms with Gasteiger partial charge >= 0.3 is 0 Å². The van der Waals surface area contributed by atoms with Crippen molar-refractivity contribution in [2.75, 3.05) is 0 Å². The van der Waals surface area contributed by atoms with E-state index in [2.05, 4.69) is 101 Å². The van der Waals surface area contributed by atoms with E-state index < -0.39 is 0 Å². The first-order valence-corrected chi connectivity index (χ1v) is 16.1. The fraction of sp³-hybridized carbons (Fsp3) is 0.487. The summed E-state index contributed by atoms with van der Waals surface area (Å²) in [5, 5.41) is 0. The first kappa shape index (κ1) is 29.4. The molecule has 0 radical (unpaired) electrons. The fourth-order valence-electron chi connectivity index (χ4n) is 6.83. The molecule has 0 saturated carbocycles. The molecule has 0 bridgehead atoms. The topological polar surface area (TPSA) is 0 Å². The molecule has 0 spiro atoms. The zero-order valence-corrected chi connectivity index (χ0v) is 25.3. The van der Waals surface area contributed by atoms with Gasteiger partial charge in [0.25, 0.3) is 0 Å². The van der Waals surface area contributed by atoms with Crippen LogP contribution in [0, 0.1) is 6.92 Å². The Labute approximate surface area is 240 Å². The van der Waals surface area contributed by atoms with Gasteiger partial charge in [0.15, 0.2) is 0 Å². The summed E-state index contributed by atoms with van der Waals surface area (Å²) >= 11 is 0. The molecule has 4 rings (SSSR count). The van der Waals surface area contributed by atoms with E-state index in [0.29, 0.717) is 0 Å². The zero-order valence-electron chi connectivity index (χ0n) is 25.3. The van der Waals surface area contributed by atoms with E-state index in [1.54, 1.807) is 11.1 Å². The van der Waals surface area contributed by atoms with Gasteiger partial charge in [-0.2, -0.15) is 0 Å². The first-order valence-electron chi connectivity index (χ1n) is 16.1. The van der Waals surface area contributed by atoms with Gasteiger partial charge in [0.1, 0.15) is 0 Å². The second-order valence-corrected chi connectivity index (χ2v) is 12.2. The number of aryl methyl sites for hydroxylation is 1. The maximum Gasteiger partial charge on any atom is 0.0215 e. The summed E-state index contributed by atoms with van der Waals surface area (Å²) in [7, 11) is 0. The van der Waals surface area contributed by atoms with E-state index in [0.717, 1.165) is 0 Å². The monoisotopic (exact) mass is 520 g/mol. The van der Waals surface area contributed by atoms with Gasteiger partial charge in [-0.15, -0.1) is 0 Å². The highest BCUT2D eigenvalue weighted by molar-refractivity contribution is 5.85. The Morgan fingerprint density at radius 1 is 0.615 bits per heavy atom. The van der Waals surface area contributed by atoms with Crippen LogP contribution >= 0.6 is 0 Å². The summed E-state index contributed by atoms with van der Waals surface area (Å²) in [6, 6.07) is 25.4. The van der Waals surface area contributed by atoms with Crippen LogP contribution in [0.1, 0.15) is 138 Å². The maximum atomic E-state index is 2.56. The van der Waals surface area contributed by atoms with Crippen molar-refractivity contribution in [1.29, 1.82) is 0 Å². The van der Waals surface area contributed by atoms with Gasteiger partial charge in [0.2, 0.25) is 0 Å². The molecular formula is C39H52. The Kier molecular flexibility index (Phi) is 11.1. The fourth-order valence-corrected chi connectivity index (χ4v) is 6.83. The molecule has 3 aromatic rings. The van der Waals surface area contributed by atoms with E-state index >= 15 is 0 Å². The summed E-state index contributed by atoms with van der Waals surface area (Å²) < 4.78 is 0. The van der Waals surface area contributed by atoms with Gasteiger partial charge in [-0.05, 0) is 65.6 Å². The third-order valence-electron chi connectivity index (χ3n) is 9.07. The first-order chi connectivity index (χ1) is 19.1. The molecule has 0 nitrogen and oxygen atoms in total. The van der Waals surface area contributed by atoms with Crippen LogP contribution in [-0.4, -0.2) is 0 Å². The molecule has 39 heavy (non-hydrogen) atoms. The molecule has 0 aliphatic heterocycles. The van der Waals surface area contributed by atoms with Crippen molar-refractivity contribution >= 4 is 11.6 Å². The Hall–Kier alpha value is -2.60. The van der Waals surface area contributed by atoms with Crippen molar-refractivity contribution in [2.24, 2.45) is 0 Å². The quantitative estimate of drug-likeness (QED) is 0.130. The minimum absolute atomic E-state index is 0.150. The molecule has 208 valence electrons. The van der Waals surface area contributed by atoms with Gasteiger partial charge in [0, 0.05) is 5.41 Å². The molecule has 0 fully saturated rings. The Bertz CT molecular complexity index is 1180. The number of fused-ring (bicyclic) bond motifs is 3. The maximum absolute atomic E-state index is 2.56. The number of benzene rings is 3. The van der Waals surface area contributed by atoms with Crippen molar-refractivity contribution in [1.82, 2.24) is 0 Å². The molecule has 0 unspecified atom stereocenters. The van der Waals surface area contributed by atoms with Crippen molar-refractivity contribution in [3.05, 3.63) is 94.5 Å². The predicted octanol–water partition coefficient (Wildman–Crippen LogP) is 12.3. The predicted molar refractivity (Wildman–Crippen MR) is 173 cm³/mol. The molecule has 0 amide bonds. The third-order valence-corrected chi connectivity index (χ3v) is 9.07. The molecule has 0 aromatic heterocycles. The average molecular weight is 521 g/mol. The summed E-state index contributed by atoms with van der Waals surface area (Å²) in [6.45, 7) is 9.16. The molecule has 1 aliphatic carbocycles. The van der Waals surface area contributed by atoms with Crippen molar-refractivity contribution in [3.63, 3.8) is 0 Å². The summed E-state index contributed by atoms with van der Waals surface area (Å²) in [5.41, 5.74) is 11.7. The summed E-state index contributed by atoms with van der Waals surface area (Å²) in [5.74, 6) is 0. The Balaban J connectivity index is 1.68. The molecule has 3 aromatic carbocycles. The smallest absolute Gasteiger partial charge is 0.0215 e. The van der Waals surface area contributed by atoms with Crippen LogP contribution < -0.4 is 0 Å². The minimum atomic E-state index is 0.150. The lowest BCUT2D eigenvalue weighted by Gasteiger charge is -2.33. The number of rotatable bonds is 16. The number of unbranched alkanes of at least 4 members (excludes halogenated alkanes) is 10. The molecule has 0 heterocycles. The van der Waals surface area contributed by atoms with Crippen LogP contribution in [0.3, 0.4) is 0 Å². The summed E-state index contributed by atoms with van der Waals surface area (Å²) in [6.07, 6.45) is 21.3. The Morgan fingerprint density at radius 3 is 1.77 bits per heavy atom. The van der Waals surface area contributed by atoms with Gasteiger partial charge < -0.3 is 0 Å². The second-order valence-electron chi connectivity index (χ2n) is 12.2. The van der Waals surface area contributed by atoms with E-state index in [4.69, 9.17) is 0 Å². The van der Waals surface area contributed by atoms with Crippen molar-refractivity contribution in [2.45, 2.75) is 123 Å². The third kappa shape index (κ3) is 7.33. The van der Waals surface area contributed by atoms with Crippen LogP contribution in [0.2, 0.25) is 0 Å². The zero-order chi connectivity index (χ0) is 27.5.